The Kier molecular flexibility index (Phi) is 3.66. The number of anilines is 1. The number of nitrogens with one attached hydrogen (secondary N) is 1. The van der Waals surface area contributed by atoms with E-state index in [0.29, 0.717) is 0 Å². The average molecular weight is 288 g/mol. The van der Waals surface area contributed by atoms with Crippen molar-refractivity contribution >= 4 is 5.95 Å². The summed E-state index contributed by atoms with van der Waals surface area (Å²) >= 11 is 0. The molecule has 1 aromatic heterocycles. The Labute approximate surface area is 127 Å². The lowest BCUT2D eigenvalue weighted by Gasteiger charge is -2.33. The Morgan fingerprint density at radius 2 is 2.14 bits per heavy atom. The van der Waals surface area contributed by atoms with Gasteiger partial charge in [-0.15, -0.1) is 0 Å². The van der Waals surface area contributed by atoms with Crippen LogP contribution in [0.3, 0.4) is 0 Å². The van der Waals surface area contributed by atoms with E-state index in [1.54, 1.807) is 0 Å². The van der Waals surface area contributed by atoms with Gasteiger partial charge in [-0.3, -0.25) is 0 Å². The lowest BCUT2D eigenvalue weighted by molar-refractivity contribution is 0.207. The Bertz CT molecular complexity index is 479. The highest BCUT2D eigenvalue weighted by atomic mass is 15.2. The molecule has 0 radical (unpaired) electrons. The van der Waals surface area contributed by atoms with Crippen LogP contribution in [0.15, 0.2) is 12.4 Å². The van der Waals surface area contributed by atoms with Crippen LogP contribution in [0.25, 0.3) is 0 Å². The standard InChI is InChI=1S/C17H28N4/c1-20-8-7-18-17(20)19-9-14-3-2-4-15-11-21(12-16(14)15)10-13-5-6-13/h7-8,13-16H,2-6,9-12H2,1H3,(H,18,19)/t14-,15+,16+/m0/s1. The molecule has 21 heavy (non-hydrogen) atoms. The number of likely N-dealkylation sites (tertiary alicyclic amines) is 1. The SMILES string of the molecule is Cn1ccnc1NC[C@@H]1CCC[C@@H]2CN(CC3CC3)C[C@@H]21. The average Bonchev–Trinajstić information content (AvgIpc) is 3.04. The molecule has 1 saturated heterocycles. The van der Waals surface area contributed by atoms with Gasteiger partial charge in [0.2, 0.25) is 5.95 Å². The summed E-state index contributed by atoms with van der Waals surface area (Å²) in [7, 11) is 2.06. The fraction of sp³-hybridized carbons (Fsp3) is 0.824. The molecule has 0 unspecified atom stereocenters. The predicted molar refractivity (Wildman–Crippen MR) is 85.2 cm³/mol. The number of aryl methyl sites for hydroxylation is 1. The topological polar surface area (TPSA) is 33.1 Å². The third-order valence-electron chi connectivity index (χ3n) is 5.88. The lowest BCUT2D eigenvalue weighted by Crippen LogP contribution is -2.32. The molecule has 2 aliphatic carbocycles. The summed E-state index contributed by atoms with van der Waals surface area (Å²) in [6, 6.07) is 0. The van der Waals surface area contributed by atoms with Crippen LogP contribution < -0.4 is 5.32 Å². The minimum atomic E-state index is 0.838. The van der Waals surface area contributed by atoms with Crippen LogP contribution in [-0.2, 0) is 7.05 Å². The van der Waals surface area contributed by atoms with Crippen molar-refractivity contribution < 1.29 is 0 Å². The lowest BCUT2D eigenvalue weighted by atomic mass is 9.74. The molecule has 116 valence electrons. The van der Waals surface area contributed by atoms with E-state index in [1.165, 1.54) is 51.7 Å². The third kappa shape index (κ3) is 2.96. The van der Waals surface area contributed by atoms with Gasteiger partial charge in [0.05, 0.1) is 0 Å². The van der Waals surface area contributed by atoms with Crippen molar-refractivity contribution in [1.82, 2.24) is 14.5 Å². The minimum Gasteiger partial charge on any atom is -0.355 e. The van der Waals surface area contributed by atoms with Crippen LogP contribution in [0.4, 0.5) is 5.95 Å². The molecule has 4 heteroatoms. The van der Waals surface area contributed by atoms with Crippen LogP contribution in [0.2, 0.25) is 0 Å². The number of rotatable bonds is 5. The molecule has 0 bridgehead atoms. The summed E-state index contributed by atoms with van der Waals surface area (Å²) in [5.41, 5.74) is 0. The van der Waals surface area contributed by atoms with Crippen molar-refractivity contribution in [2.45, 2.75) is 32.1 Å². The predicted octanol–water partition coefficient (Wildman–Crippen LogP) is 2.59. The first-order valence-electron chi connectivity index (χ1n) is 8.73. The number of imidazole rings is 1. The van der Waals surface area contributed by atoms with Crippen LogP contribution in [0.5, 0.6) is 0 Å². The van der Waals surface area contributed by atoms with Gasteiger partial charge in [0.15, 0.2) is 0 Å². The number of hydrogen-bond acceptors (Lipinski definition) is 3. The van der Waals surface area contributed by atoms with Gasteiger partial charge in [-0.25, -0.2) is 4.98 Å². The van der Waals surface area contributed by atoms with Gasteiger partial charge in [0.25, 0.3) is 0 Å². The van der Waals surface area contributed by atoms with Crippen LogP contribution in [0, 0.1) is 23.7 Å². The fourth-order valence-corrected chi connectivity index (χ4v) is 4.51. The Balaban J connectivity index is 1.35. The molecule has 0 spiro atoms. The molecule has 4 nitrogen and oxygen atoms in total. The van der Waals surface area contributed by atoms with Gasteiger partial charge in [-0.2, -0.15) is 0 Å². The normalized spacial score (nSPS) is 33.1. The second-order valence-electron chi connectivity index (χ2n) is 7.52. The first-order valence-corrected chi connectivity index (χ1v) is 8.73. The van der Waals surface area contributed by atoms with Crippen molar-refractivity contribution in [3.8, 4) is 0 Å². The van der Waals surface area contributed by atoms with Gasteiger partial charge in [-0.1, -0.05) is 6.42 Å². The Morgan fingerprint density at radius 1 is 1.24 bits per heavy atom. The molecule has 1 aromatic rings. The first kappa shape index (κ1) is 13.6. The van der Waals surface area contributed by atoms with E-state index < -0.39 is 0 Å². The largest absolute Gasteiger partial charge is 0.355 e. The molecule has 0 amide bonds. The zero-order chi connectivity index (χ0) is 14.2. The molecule has 0 aromatic carbocycles. The smallest absolute Gasteiger partial charge is 0.202 e. The fourth-order valence-electron chi connectivity index (χ4n) is 4.51. The highest BCUT2D eigenvalue weighted by molar-refractivity contribution is 5.25. The molecule has 2 heterocycles. The maximum atomic E-state index is 4.39. The molecule has 3 atom stereocenters. The third-order valence-corrected chi connectivity index (χ3v) is 5.88. The van der Waals surface area contributed by atoms with Gasteiger partial charge < -0.3 is 14.8 Å². The van der Waals surface area contributed by atoms with Crippen molar-refractivity contribution in [3.63, 3.8) is 0 Å². The van der Waals surface area contributed by atoms with E-state index >= 15 is 0 Å². The molecule has 1 N–H and O–H groups in total. The highest BCUT2D eigenvalue weighted by Crippen LogP contribution is 2.41. The van der Waals surface area contributed by atoms with Gasteiger partial charge in [-0.05, 0) is 49.4 Å². The minimum absolute atomic E-state index is 0.838. The van der Waals surface area contributed by atoms with E-state index in [0.717, 1.165) is 36.2 Å². The summed E-state index contributed by atoms with van der Waals surface area (Å²) in [6.07, 6.45) is 11.1. The van der Waals surface area contributed by atoms with E-state index in [-0.39, 0.29) is 0 Å². The maximum Gasteiger partial charge on any atom is 0.202 e. The summed E-state index contributed by atoms with van der Waals surface area (Å²) in [6.45, 7) is 5.21. The van der Waals surface area contributed by atoms with Crippen LogP contribution in [0.1, 0.15) is 32.1 Å². The zero-order valence-corrected chi connectivity index (χ0v) is 13.2. The van der Waals surface area contributed by atoms with E-state index in [1.807, 2.05) is 12.4 Å². The molecule has 1 aliphatic heterocycles. The number of fused-ring (bicyclic) bond motifs is 1. The molecular weight excluding hydrogens is 260 g/mol. The van der Waals surface area contributed by atoms with Gasteiger partial charge >= 0.3 is 0 Å². The van der Waals surface area contributed by atoms with E-state index in [4.69, 9.17) is 0 Å². The van der Waals surface area contributed by atoms with Crippen LogP contribution >= 0.6 is 0 Å². The molecule has 2 saturated carbocycles. The summed E-state index contributed by atoms with van der Waals surface area (Å²) < 4.78 is 2.08. The summed E-state index contributed by atoms with van der Waals surface area (Å²) in [4.78, 5) is 7.16. The molecule has 4 rings (SSSR count). The monoisotopic (exact) mass is 288 g/mol. The molecule has 3 aliphatic rings. The Hall–Kier alpha value is -1.03. The number of hydrogen-bond donors (Lipinski definition) is 1. The quantitative estimate of drug-likeness (QED) is 0.904. The highest BCUT2D eigenvalue weighted by Gasteiger charge is 2.41. The van der Waals surface area contributed by atoms with Crippen molar-refractivity contribution in [2.75, 3.05) is 31.5 Å². The number of nitrogens with zero attached hydrogens (tertiary/aromatic N) is 3. The van der Waals surface area contributed by atoms with Crippen molar-refractivity contribution in [2.24, 2.45) is 30.7 Å². The maximum absolute atomic E-state index is 4.39. The van der Waals surface area contributed by atoms with E-state index in [2.05, 4.69) is 26.8 Å². The van der Waals surface area contributed by atoms with Gasteiger partial charge in [0, 0.05) is 45.6 Å². The zero-order valence-electron chi connectivity index (χ0n) is 13.2. The summed E-state index contributed by atoms with van der Waals surface area (Å²) in [5, 5.41) is 3.58. The van der Waals surface area contributed by atoms with Gasteiger partial charge in [0.1, 0.15) is 0 Å². The van der Waals surface area contributed by atoms with E-state index in [9.17, 15) is 0 Å². The second-order valence-corrected chi connectivity index (χ2v) is 7.52. The summed E-state index contributed by atoms with van der Waals surface area (Å²) in [5.74, 6) is 4.78. The van der Waals surface area contributed by atoms with Crippen molar-refractivity contribution in [3.05, 3.63) is 12.4 Å². The second kappa shape index (κ2) is 5.64. The number of aromatic nitrogens is 2. The van der Waals surface area contributed by atoms with Crippen LogP contribution in [-0.4, -0.2) is 40.6 Å². The molecule has 3 fully saturated rings. The first-order chi connectivity index (χ1) is 10.3. The molecular formula is C17H28N4. The Morgan fingerprint density at radius 3 is 2.90 bits per heavy atom. The van der Waals surface area contributed by atoms with Crippen molar-refractivity contribution in [1.29, 1.82) is 0 Å².